The topological polar surface area (TPSA) is 33.5 Å². The summed E-state index contributed by atoms with van der Waals surface area (Å²) in [6, 6.07) is 3.75. The van der Waals surface area contributed by atoms with Gasteiger partial charge in [-0.25, -0.2) is 0 Å². The maximum Gasteiger partial charge on any atom is 0.223 e. The van der Waals surface area contributed by atoms with E-state index in [-0.39, 0.29) is 5.91 Å². The Kier molecular flexibility index (Phi) is 3.88. The van der Waals surface area contributed by atoms with E-state index in [1.165, 1.54) is 0 Å². The third-order valence-corrected chi connectivity index (χ3v) is 3.46. The van der Waals surface area contributed by atoms with Gasteiger partial charge in [0.15, 0.2) is 0 Å². The molecule has 1 aromatic heterocycles. The molecule has 0 bridgehead atoms. The fourth-order valence-corrected chi connectivity index (χ4v) is 2.28. The number of nitrogens with zero attached hydrogens (tertiary/aromatic N) is 1. The van der Waals surface area contributed by atoms with Crippen LogP contribution in [0.2, 0.25) is 0 Å². The summed E-state index contributed by atoms with van der Waals surface area (Å²) in [4.78, 5) is 13.8. The zero-order chi connectivity index (χ0) is 11.4. The number of aryl methyl sites for hydroxylation is 1. The van der Waals surface area contributed by atoms with E-state index in [2.05, 4.69) is 0 Å². The van der Waals surface area contributed by atoms with Crippen LogP contribution in [-0.2, 0) is 11.2 Å². The number of amides is 1. The molecular formula is C12H16ClNO2. The van der Waals surface area contributed by atoms with Crippen molar-refractivity contribution in [3.63, 3.8) is 0 Å². The van der Waals surface area contributed by atoms with Gasteiger partial charge in [0.1, 0.15) is 5.76 Å². The number of rotatable bonds is 4. The van der Waals surface area contributed by atoms with E-state index >= 15 is 0 Å². The molecule has 2 rings (SSSR count). The van der Waals surface area contributed by atoms with Crippen molar-refractivity contribution >= 4 is 17.5 Å². The van der Waals surface area contributed by atoms with Crippen LogP contribution >= 0.6 is 11.6 Å². The highest BCUT2D eigenvalue weighted by Gasteiger charge is 2.25. The fourth-order valence-electron chi connectivity index (χ4n) is 2.03. The van der Waals surface area contributed by atoms with Crippen LogP contribution in [0, 0.1) is 5.92 Å². The highest BCUT2D eigenvalue weighted by atomic mass is 35.5. The highest BCUT2D eigenvalue weighted by Crippen LogP contribution is 2.18. The Balaban J connectivity index is 1.76. The van der Waals surface area contributed by atoms with Crippen molar-refractivity contribution in [2.75, 3.05) is 19.0 Å². The van der Waals surface area contributed by atoms with Crippen LogP contribution in [0.15, 0.2) is 22.8 Å². The van der Waals surface area contributed by atoms with E-state index in [1.807, 2.05) is 17.0 Å². The number of furan rings is 1. The smallest absolute Gasteiger partial charge is 0.223 e. The molecular weight excluding hydrogens is 226 g/mol. The molecule has 1 aliphatic heterocycles. The fraction of sp³-hybridized carbons (Fsp3) is 0.583. The summed E-state index contributed by atoms with van der Waals surface area (Å²) in [7, 11) is 0. The van der Waals surface area contributed by atoms with Crippen LogP contribution in [0.4, 0.5) is 0 Å². The molecule has 3 nitrogen and oxygen atoms in total. The summed E-state index contributed by atoms with van der Waals surface area (Å²) in [5.41, 5.74) is 0. The van der Waals surface area contributed by atoms with E-state index < -0.39 is 0 Å². The molecule has 0 N–H and O–H groups in total. The van der Waals surface area contributed by atoms with Crippen molar-refractivity contribution < 1.29 is 9.21 Å². The van der Waals surface area contributed by atoms with Gasteiger partial charge >= 0.3 is 0 Å². The number of hydrogen-bond donors (Lipinski definition) is 0. The van der Waals surface area contributed by atoms with Gasteiger partial charge in [-0.05, 0) is 24.5 Å². The quantitative estimate of drug-likeness (QED) is 0.758. The standard InChI is InChI=1S/C12H16ClNO2/c13-8-10-5-6-14(9-10)12(15)4-3-11-2-1-7-16-11/h1-2,7,10H,3-6,8-9H2. The van der Waals surface area contributed by atoms with Crippen molar-refractivity contribution in [3.8, 4) is 0 Å². The Morgan fingerprint density at radius 1 is 1.62 bits per heavy atom. The largest absolute Gasteiger partial charge is 0.469 e. The zero-order valence-corrected chi connectivity index (χ0v) is 9.95. The second-order valence-corrected chi connectivity index (χ2v) is 4.54. The average molecular weight is 242 g/mol. The maximum atomic E-state index is 11.8. The summed E-state index contributed by atoms with van der Waals surface area (Å²) < 4.78 is 5.20. The normalized spacial score (nSPS) is 20.3. The summed E-state index contributed by atoms with van der Waals surface area (Å²) in [6.07, 6.45) is 3.89. The minimum Gasteiger partial charge on any atom is -0.469 e. The van der Waals surface area contributed by atoms with Crippen LogP contribution in [0.5, 0.6) is 0 Å². The van der Waals surface area contributed by atoms with Crippen LogP contribution in [-0.4, -0.2) is 29.8 Å². The Morgan fingerprint density at radius 3 is 3.12 bits per heavy atom. The number of likely N-dealkylation sites (tertiary alicyclic amines) is 1. The summed E-state index contributed by atoms with van der Waals surface area (Å²) in [5.74, 6) is 2.22. The molecule has 1 unspecified atom stereocenters. The molecule has 1 atom stereocenters. The molecule has 1 saturated heterocycles. The SMILES string of the molecule is O=C(CCc1ccco1)N1CCC(CCl)C1. The Bertz CT molecular complexity index is 337. The average Bonchev–Trinajstić information content (AvgIpc) is 2.96. The van der Waals surface area contributed by atoms with E-state index in [0.29, 0.717) is 24.6 Å². The van der Waals surface area contributed by atoms with Crippen molar-refractivity contribution in [3.05, 3.63) is 24.2 Å². The summed E-state index contributed by atoms with van der Waals surface area (Å²) >= 11 is 5.78. The molecule has 0 radical (unpaired) electrons. The molecule has 0 saturated carbocycles. The first-order valence-electron chi connectivity index (χ1n) is 5.65. The van der Waals surface area contributed by atoms with Gasteiger partial charge in [-0.1, -0.05) is 0 Å². The first kappa shape index (κ1) is 11.5. The lowest BCUT2D eigenvalue weighted by molar-refractivity contribution is -0.130. The second kappa shape index (κ2) is 5.39. The lowest BCUT2D eigenvalue weighted by atomic mass is 10.2. The van der Waals surface area contributed by atoms with Crippen molar-refractivity contribution in [1.82, 2.24) is 4.90 Å². The Morgan fingerprint density at radius 2 is 2.50 bits per heavy atom. The van der Waals surface area contributed by atoms with Gasteiger partial charge in [-0.3, -0.25) is 4.79 Å². The Hall–Kier alpha value is -0.960. The van der Waals surface area contributed by atoms with E-state index in [1.54, 1.807) is 6.26 Å². The van der Waals surface area contributed by atoms with Crippen LogP contribution in [0.25, 0.3) is 0 Å². The summed E-state index contributed by atoms with van der Waals surface area (Å²) in [6.45, 7) is 1.68. The van der Waals surface area contributed by atoms with Crippen molar-refractivity contribution in [1.29, 1.82) is 0 Å². The number of halogens is 1. The molecule has 0 aliphatic carbocycles. The Labute approximate surface area is 100 Å². The third-order valence-electron chi connectivity index (χ3n) is 3.02. The van der Waals surface area contributed by atoms with Gasteiger partial charge in [0.05, 0.1) is 6.26 Å². The van der Waals surface area contributed by atoms with Crippen LogP contribution in [0.1, 0.15) is 18.6 Å². The minimum absolute atomic E-state index is 0.212. The van der Waals surface area contributed by atoms with Crippen molar-refractivity contribution in [2.24, 2.45) is 5.92 Å². The molecule has 4 heteroatoms. The molecule has 1 amide bonds. The second-order valence-electron chi connectivity index (χ2n) is 4.23. The number of carbonyl (C=O) groups is 1. The predicted octanol–water partition coefficient (Wildman–Crippen LogP) is 2.30. The van der Waals surface area contributed by atoms with Gasteiger partial charge in [0.2, 0.25) is 5.91 Å². The van der Waals surface area contributed by atoms with Crippen molar-refractivity contribution in [2.45, 2.75) is 19.3 Å². The zero-order valence-electron chi connectivity index (χ0n) is 9.19. The van der Waals surface area contributed by atoms with E-state index in [9.17, 15) is 4.79 Å². The van der Waals surface area contributed by atoms with Gasteiger partial charge in [-0.15, -0.1) is 11.6 Å². The highest BCUT2D eigenvalue weighted by molar-refractivity contribution is 6.18. The monoisotopic (exact) mass is 241 g/mol. The third kappa shape index (κ3) is 2.79. The molecule has 1 aliphatic rings. The van der Waals surface area contributed by atoms with Gasteiger partial charge in [0.25, 0.3) is 0 Å². The molecule has 1 aromatic rings. The molecule has 2 heterocycles. The predicted molar refractivity (Wildman–Crippen MR) is 62.4 cm³/mol. The van der Waals surface area contributed by atoms with Gasteiger partial charge < -0.3 is 9.32 Å². The maximum absolute atomic E-state index is 11.8. The lowest BCUT2D eigenvalue weighted by Gasteiger charge is -2.15. The van der Waals surface area contributed by atoms with Crippen LogP contribution < -0.4 is 0 Å². The first-order chi connectivity index (χ1) is 7.79. The molecule has 0 spiro atoms. The van der Waals surface area contributed by atoms with Crippen LogP contribution in [0.3, 0.4) is 0 Å². The minimum atomic E-state index is 0.212. The lowest BCUT2D eigenvalue weighted by Crippen LogP contribution is -2.29. The molecule has 0 aromatic carbocycles. The molecule has 1 fully saturated rings. The van der Waals surface area contributed by atoms with E-state index in [4.69, 9.17) is 16.0 Å². The van der Waals surface area contributed by atoms with Gasteiger partial charge in [0, 0.05) is 31.8 Å². The van der Waals surface area contributed by atoms with E-state index in [0.717, 1.165) is 25.3 Å². The number of alkyl halides is 1. The molecule has 16 heavy (non-hydrogen) atoms. The molecule has 88 valence electrons. The van der Waals surface area contributed by atoms with Gasteiger partial charge in [-0.2, -0.15) is 0 Å². The number of carbonyl (C=O) groups excluding carboxylic acids is 1. The number of hydrogen-bond acceptors (Lipinski definition) is 2. The first-order valence-corrected chi connectivity index (χ1v) is 6.19. The summed E-state index contributed by atoms with van der Waals surface area (Å²) in [5, 5.41) is 0.